The number of carboxylic acid groups (broad SMARTS) is 1. The van der Waals surface area contributed by atoms with Gasteiger partial charge < -0.3 is 20.9 Å². The molecule has 0 saturated heterocycles. The van der Waals surface area contributed by atoms with E-state index >= 15 is 0 Å². The van der Waals surface area contributed by atoms with Crippen LogP contribution in [-0.2, 0) is 9.53 Å². The molecule has 1 amide bonds. The normalized spacial score (nSPS) is 11.9. The van der Waals surface area contributed by atoms with Gasteiger partial charge in [-0.2, -0.15) is 0 Å². The monoisotopic (exact) mass is 224 g/mol. The van der Waals surface area contributed by atoms with Crippen LogP contribution in [0.5, 0.6) is 0 Å². The Morgan fingerprint density at radius 1 is 1.57 bits per heavy atom. The Kier molecular flexibility index (Phi) is 6.87. The second kappa shape index (κ2) is 7.40. The molecule has 0 saturated carbocycles. The Morgan fingerprint density at radius 3 is 2.71 bits per heavy atom. The fourth-order valence-electron chi connectivity index (χ4n) is 0.736. The van der Waals surface area contributed by atoms with Gasteiger partial charge in [-0.15, -0.1) is 0 Å². The van der Waals surface area contributed by atoms with Crippen molar-refractivity contribution in [1.82, 2.24) is 5.32 Å². The number of carbonyl (C=O) groups is 2. The molecule has 0 spiro atoms. The summed E-state index contributed by atoms with van der Waals surface area (Å²) in [6.07, 6.45) is 0.158. The Labute approximate surface area is 86.4 Å². The Balaban J connectivity index is 3.37. The van der Waals surface area contributed by atoms with Gasteiger partial charge in [0.1, 0.15) is 6.04 Å². The van der Waals surface area contributed by atoms with Crippen molar-refractivity contribution in [2.24, 2.45) is 5.73 Å². The van der Waals surface area contributed by atoms with Gasteiger partial charge in [-0.1, -0.05) is 11.6 Å². The molecule has 82 valence electrons. The molecule has 6 nitrogen and oxygen atoms in total. The highest BCUT2D eigenvalue weighted by Crippen LogP contribution is 1.93. The molecule has 0 aromatic carbocycles. The van der Waals surface area contributed by atoms with Crippen LogP contribution in [0.2, 0.25) is 0 Å². The first kappa shape index (κ1) is 13.0. The van der Waals surface area contributed by atoms with Crippen LogP contribution in [-0.4, -0.2) is 35.8 Å². The van der Waals surface area contributed by atoms with Crippen molar-refractivity contribution in [2.45, 2.75) is 18.9 Å². The first-order valence-electron chi connectivity index (χ1n) is 4.03. The molecular formula is C7H13ClN2O4. The van der Waals surface area contributed by atoms with Gasteiger partial charge in [-0.25, -0.2) is 4.79 Å². The van der Waals surface area contributed by atoms with Crippen LogP contribution in [0.4, 0.5) is 4.79 Å². The van der Waals surface area contributed by atoms with Crippen molar-refractivity contribution in [3.05, 3.63) is 0 Å². The lowest BCUT2D eigenvalue weighted by atomic mass is 10.2. The number of aliphatic carboxylic acids is 1. The number of halogens is 1. The van der Waals surface area contributed by atoms with E-state index in [0.29, 0.717) is 19.4 Å². The lowest BCUT2D eigenvalue weighted by Gasteiger charge is -2.06. The third-order valence-electron chi connectivity index (χ3n) is 1.46. The molecule has 0 bridgehead atoms. The second-order valence-corrected chi connectivity index (χ2v) is 2.77. The largest absolute Gasteiger partial charge is 0.480 e. The number of nitrogens with one attached hydrogen (secondary N) is 1. The highest BCUT2D eigenvalue weighted by molar-refractivity contribution is 6.17. The molecule has 0 fully saturated rings. The van der Waals surface area contributed by atoms with Gasteiger partial charge in [0.15, 0.2) is 6.07 Å². The molecule has 0 radical (unpaired) electrons. The fraction of sp³-hybridized carbons (Fsp3) is 0.714. The van der Waals surface area contributed by atoms with E-state index in [-0.39, 0.29) is 6.07 Å². The molecule has 1 atom stereocenters. The minimum Gasteiger partial charge on any atom is -0.480 e. The molecule has 0 aromatic heterocycles. The third kappa shape index (κ3) is 6.50. The molecule has 0 aliphatic heterocycles. The molecular weight excluding hydrogens is 212 g/mol. The lowest BCUT2D eigenvalue weighted by Crippen LogP contribution is -2.32. The molecule has 0 aliphatic carbocycles. The van der Waals surface area contributed by atoms with Crippen LogP contribution in [0, 0.1) is 0 Å². The fourth-order valence-corrected chi connectivity index (χ4v) is 0.836. The first-order valence-corrected chi connectivity index (χ1v) is 4.56. The molecule has 4 N–H and O–H groups in total. The number of ether oxygens (including phenoxy) is 1. The van der Waals surface area contributed by atoms with E-state index in [4.69, 9.17) is 22.4 Å². The zero-order chi connectivity index (χ0) is 11.0. The highest BCUT2D eigenvalue weighted by Gasteiger charge is 2.10. The van der Waals surface area contributed by atoms with E-state index in [1.165, 1.54) is 0 Å². The number of carbonyl (C=O) groups excluding carboxylic acids is 1. The van der Waals surface area contributed by atoms with E-state index in [0.717, 1.165) is 0 Å². The van der Waals surface area contributed by atoms with E-state index in [2.05, 4.69) is 10.1 Å². The average molecular weight is 225 g/mol. The van der Waals surface area contributed by atoms with E-state index in [1.807, 2.05) is 0 Å². The van der Waals surface area contributed by atoms with E-state index < -0.39 is 18.1 Å². The summed E-state index contributed by atoms with van der Waals surface area (Å²) in [6.45, 7) is 0.316. The Morgan fingerprint density at radius 2 is 2.21 bits per heavy atom. The molecule has 0 rings (SSSR count). The number of nitrogens with two attached hydrogens (primary N) is 1. The first-order chi connectivity index (χ1) is 6.57. The molecule has 1 unspecified atom stereocenters. The number of alkyl carbamates (subject to hydrolysis) is 1. The Bertz CT molecular complexity index is 200. The van der Waals surface area contributed by atoms with Crippen LogP contribution in [0.3, 0.4) is 0 Å². The number of hydrogen-bond acceptors (Lipinski definition) is 4. The summed E-state index contributed by atoms with van der Waals surface area (Å²) in [4.78, 5) is 20.9. The summed E-state index contributed by atoms with van der Waals surface area (Å²) in [6, 6.07) is -1.10. The zero-order valence-electron chi connectivity index (χ0n) is 7.53. The minimum atomic E-state index is -1.05. The van der Waals surface area contributed by atoms with Crippen LogP contribution >= 0.6 is 11.6 Å². The van der Waals surface area contributed by atoms with Crippen molar-refractivity contribution in [2.75, 3.05) is 12.6 Å². The number of carboxylic acids is 1. The summed E-state index contributed by atoms with van der Waals surface area (Å²) in [5, 5.41) is 10.8. The van der Waals surface area contributed by atoms with Crippen molar-refractivity contribution in [1.29, 1.82) is 0 Å². The summed E-state index contributed by atoms with van der Waals surface area (Å²) < 4.78 is 4.36. The van der Waals surface area contributed by atoms with Gasteiger partial charge in [-0.3, -0.25) is 4.79 Å². The van der Waals surface area contributed by atoms with Gasteiger partial charge in [0.2, 0.25) is 0 Å². The number of alkyl halides is 1. The van der Waals surface area contributed by atoms with Gasteiger partial charge in [0.05, 0.1) is 0 Å². The van der Waals surface area contributed by atoms with Gasteiger partial charge in [-0.05, 0) is 12.8 Å². The lowest BCUT2D eigenvalue weighted by molar-refractivity contribution is -0.138. The van der Waals surface area contributed by atoms with Crippen LogP contribution in [0.15, 0.2) is 0 Å². The standard InChI is InChI=1S/C7H13ClN2O4/c8-4-14-7(13)10-3-1-2-5(9)6(11)12/h5H,1-4,9H2,(H,10,13)(H,11,12). The summed E-state index contributed by atoms with van der Waals surface area (Å²) in [7, 11) is 0. The predicted octanol–water partition coefficient (Wildman–Crippen LogP) is 0.101. The van der Waals surface area contributed by atoms with Crippen molar-refractivity contribution >= 4 is 23.7 Å². The van der Waals surface area contributed by atoms with E-state index in [1.54, 1.807) is 0 Å². The second-order valence-electron chi connectivity index (χ2n) is 2.55. The topological polar surface area (TPSA) is 102 Å². The maximum absolute atomic E-state index is 10.7. The van der Waals surface area contributed by atoms with Crippen molar-refractivity contribution < 1.29 is 19.4 Å². The smallest absolute Gasteiger partial charge is 0.408 e. The maximum atomic E-state index is 10.7. The summed E-state index contributed by atoms with van der Waals surface area (Å²) in [5.74, 6) is -1.05. The van der Waals surface area contributed by atoms with Crippen molar-refractivity contribution in [3.8, 4) is 0 Å². The summed E-state index contributed by atoms with van der Waals surface area (Å²) >= 11 is 5.12. The summed E-state index contributed by atoms with van der Waals surface area (Å²) in [5.41, 5.74) is 5.23. The number of hydrogen-bond donors (Lipinski definition) is 3. The van der Waals surface area contributed by atoms with Crippen LogP contribution in [0.25, 0.3) is 0 Å². The Hall–Kier alpha value is -1.01. The molecule has 14 heavy (non-hydrogen) atoms. The quantitative estimate of drug-likeness (QED) is 0.439. The molecule has 7 heteroatoms. The molecule has 0 heterocycles. The molecule has 0 aliphatic rings. The molecule has 0 aromatic rings. The van der Waals surface area contributed by atoms with Crippen molar-refractivity contribution in [3.63, 3.8) is 0 Å². The zero-order valence-corrected chi connectivity index (χ0v) is 8.29. The van der Waals surface area contributed by atoms with Gasteiger partial charge in [0.25, 0.3) is 0 Å². The highest BCUT2D eigenvalue weighted by atomic mass is 35.5. The minimum absolute atomic E-state index is 0.208. The predicted molar refractivity (Wildman–Crippen MR) is 50.0 cm³/mol. The van der Waals surface area contributed by atoms with Gasteiger partial charge in [0, 0.05) is 6.54 Å². The maximum Gasteiger partial charge on any atom is 0.408 e. The van der Waals surface area contributed by atoms with E-state index in [9.17, 15) is 9.59 Å². The van der Waals surface area contributed by atoms with Crippen LogP contribution in [0.1, 0.15) is 12.8 Å². The third-order valence-corrected chi connectivity index (χ3v) is 1.57. The number of rotatable bonds is 6. The van der Waals surface area contributed by atoms with Crippen LogP contribution < -0.4 is 11.1 Å². The van der Waals surface area contributed by atoms with Gasteiger partial charge >= 0.3 is 12.1 Å². The average Bonchev–Trinajstić information content (AvgIpc) is 2.12. The number of amides is 1. The SMILES string of the molecule is NC(CCCNC(=O)OCCl)C(=O)O.